The van der Waals surface area contributed by atoms with E-state index in [1.54, 1.807) is 16.8 Å². The van der Waals surface area contributed by atoms with Gasteiger partial charge in [0.25, 0.3) is 0 Å². The fourth-order valence-electron chi connectivity index (χ4n) is 3.41. The number of aromatic nitrogens is 4. The van der Waals surface area contributed by atoms with Crippen molar-refractivity contribution in [3.63, 3.8) is 0 Å². The number of benzene rings is 2. The third kappa shape index (κ3) is 6.23. The topological polar surface area (TPSA) is 84.1 Å². The molecule has 2 N–H and O–H groups in total. The third-order valence-electron chi connectivity index (χ3n) is 5.12. The lowest BCUT2D eigenvalue weighted by Crippen LogP contribution is -2.00. The van der Waals surface area contributed by atoms with E-state index < -0.39 is 0 Å². The van der Waals surface area contributed by atoms with E-state index in [4.69, 9.17) is 0 Å². The van der Waals surface area contributed by atoms with Crippen molar-refractivity contribution < 1.29 is 10.2 Å². The van der Waals surface area contributed by atoms with Crippen molar-refractivity contribution in [1.29, 1.82) is 0 Å². The highest BCUT2D eigenvalue weighted by Crippen LogP contribution is 2.30. The van der Waals surface area contributed by atoms with Crippen LogP contribution in [0.2, 0.25) is 0 Å². The summed E-state index contributed by atoms with van der Waals surface area (Å²) in [6.07, 6.45) is 8.65. The van der Waals surface area contributed by atoms with Gasteiger partial charge in [-0.1, -0.05) is 69.0 Å². The highest BCUT2D eigenvalue weighted by Gasteiger charge is 2.12. The van der Waals surface area contributed by atoms with Gasteiger partial charge in [-0.25, -0.2) is 0 Å². The molecule has 1 heterocycles. The maximum absolute atomic E-state index is 10.4. The molecule has 0 saturated carbocycles. The van der Waals surface area contributed by atoms with Crippen LogP contribution in [0, 0.1) is 0 Å². The summed E-state index contributed by atoms with van der Waals surface area (Å²) in [6, 6.07) is 13.2. The standard InChI is InChI=1S/C23H30N4O2S/c1-2-3-4-5-6-8-11-18-16-22(29)19(17-21(18)28)14-15-30-23-24-25-26-27(23)20-12-9-7-10-13-20/h7,9-10,12-13,16-17,28-29H,2-6,8,11,14-15H2,1H3. The molecule has 6 nitrogen and oxygen atoms in total. The highest BCUT2D eigenvalue weighted by atomic mass is 32.2. The molecule has 3 aromatic rings. The summed E-state index contributed by atoms with van der Waals surface area (Å²) in [4.78, 5) is 0. The molecule has 2 aromatic carbocycles. The lowest BCUT2D eigenvalue weighted by Gasteiger charge is -2.10. The summed E-state index contributed by atoms with van der Waals surface area (Å²) in [6.45, 7) is 2.21. The molecule has 0 fully saturated rings. The predicted octanol–water partition coefficient (Wildman–Crippen LogP) is 5.31. The number of aromatic hydroxyl groups is 2. The number of tetrazole rings is 1. The summed E-state index contributed by atoms with van der Waals surface area (Å²) in [5.41, 5.74) is 2.47. The van der Waals surface area contributed by atoms with Crippen LogP contribution < -0.4 is 0 Å². The van der Waals surface area contributed by atoms with Crippen LogP contribution in [0.5, 0.6) is 11.5 Å². The molecule has 0 unspecified atom stereocenters. The Bertz CT molecular complexity index is 915. The number of para-hydroxylation sites is 1. The molecule has 0 spiro atoms. The van der Waals surface area contributed by atoms with Gasteiger partial charge in [0.15, 0.2) is 0 Å². The van der Waals surface area contributed by atoms with Crippen LogP contribution in [-0.4, -0.2) is 36.2 Å². The van der Waals surface area contributed by atoms with Gasteiger partial charge >= 0.3 is 0 Å². The Hall–Kier alpha value is -2.54. The molecule has 30 heavy (non-hydrogen) atoms. The monoisotopic (exact) mass is 426 g/mol. The number of aryl methyl sites for hydroxylation is 2. The molecule has 0 radical (unpaired) electrons. The van der Waals surface area contributed by atoms with E-state index >= 15 is 0 Å². The Labute approximate surface area is 182 Å². The van der Waals surface area contributed by atoms with E-state index in [1.807, 2.05) is 30.3 Å². The van der Waals surface area contributed by atoms with Gasteiger partial charge < -0.3 is 10.2 Å². The van der Waals surface area contributed by atoms with Crippen LogP contribution >= 0.6 is 11.8 Å². The molecule has 0 amide bonds. The lowest BCUT2D eigenvalue weighted by atomic mass is 10.0. The molecule has 160 valence electrons. The second-order valence-corrected chi connectivity index (χ2v) is 8.50. The quantitative estimate of drug-likeness (QED) is 0.232. The van der Waals surface area contributed by atoms with E-state index in [-0.39, 0.29) is 11.5 Å². The average molecular weight is 427 g/mol. The van der Waals surface area contributed by atoms with Gasteiger partial charge in [-0.3, -0.25) is 0 Å². The molecule has 0 aliphatic carbocycles. The van der Waals surface area contributed by atoms with Crippen LogP contribution in [-0.2, 0) is 12.8 Å². The smallest absolute Gasteiger partial charge is 0.214 e. The van der Waals surface area contributed by atoms with Gasteiger partial charge in [0.1, 0.15) is 11.5 Å². The van der Waals surface area contributed by atoms with Crippen LogP contribution in [0.15, 0.2) is 47.6 Å². The van der Waals surface area contributed by atoms with Crippen molar-refractivity contribution in [2.45, 2.75) is 63.4 Å². The zero-order chi connectivity index (χ0) is 21.2. The number of hydrogen-bond acceptors (Lipinski definition) is 6. The average Bonchev–Trinajstić information content (AvgIpc) is 3.23. The molecule has 0 aliphatic rings. The number of hydrogen-bond donors (Lipinski definition) is 2. The summed E-state index contributed by atoms with van der Waals surface area (Å²) in [5, 5.41) is 33.4. The van der Waals surface area contributed by atoms with Crippen LogP contribution in [0.25, 0.3) is 5.69 Å². The van der Waals surface area contributed by atoms with Gasteiger partial charge in [-0.2, -0.15) is 4.68 Å². The second-order valence-electron chi connectivity index (χ2n) is 7.43. The number of phenolic OH excluding ortho intramolecular Hbond substituents is 2. The van der Waals surface area contributed by atoms with Crippen molar-refractivity contribution in [3.05, 3.63) is 53.6 Å². The zero-order valence-electron chi connectivity index (χ0n) is 17.5. The third-order valence-corrected chi connectivity index (χ3v) is 6.04. The normalized spacial score (nSPS) is 11.1. The van der Waals surface area contributed by atoms with Gasteiger partial charge in [-0.05, 0) is 65.1 Å². The molecule has 0 bridgehead atoms. The first-order chi connectivity index (χ1) is 14.7. The first-order valence-electron chi connectivity index (χ1n) is 10.7. The van der Waals surface area contributed by atoms with Crippen molar-refractivity contribution >= 4 is 11.8 Å². The lowest BCUT2D eigenvalue weighted by molar-refractivity contribution is 0.448. The molecule has 3 rings (SSSR count). The summed E-state index contributed by atoms with van der Waals surface area (Å²) < 4.78 is 1.70. The van der Waals surface area contributed by atoms with Gasteiger partial charge in [-0.15, -0.1) is 5.10 Å². The van der Waals surface area contributed by atoms with Crippen LogP contribution in [0.1, 0.15) is 56.6 Å². The van der Waals surface area contributed by atoms with Gasteiger partial charge in [0.05, 0.1) is 5.69 Å². The minimum absolute atomic E-state index is 0.247. The van der Waals surface area contributed by atoms with E-state index in [9.17, 15) is 10.2 Å². The van der Waals surface area contributed by atoms with E-state index in [1.165, 1.54) is 37.4 Å². The molecule has 0 atom stereocenters. The van der Waals surface area contributed by atoms with Crippen LogP contribution in [0.4, 0.5) is 0 Å². The fourth-order valence-corrected chi connectivity index (χ4v) is 4.28. The number of phenols is 2. The first-order valence-corrected chi connectivity index (χ1v) is 11.7. The fraction of sp³-hybridized carbons (Fsp3) is 0.435. The maximum Gasteiger partial charge on any atom is 0.214 e. The summed E-state index contributed by atoms with van der Waals surface area (Å²) in [7, 11) is 0. The van der Waals surface area contributed by atoms with E-state index in [2.05, 4.69) is 22.4 Å². The number of thioether (sulfide) groups is 1. The molecule has 1 aromatic heterocycles. The largest absolute Gasteiger partial charge is 0.508 e. The summed E-state index contributed by atoms with van der Waals surface area (Å²) >= 11 is 1.52. The zero-order valence-corrected chi connectivity index (χ0v) is 18.3. The van der Waals surface area contributed by atoms with Crippen molar-refractivity contribution in [3.8, 4) is 17.2 Å². The van der Waals surface area contributed by atoms with Gasteiger partial charge in [0, 0.05) is 5.75 Å². The molecular weight excluding hydrogens is 396 g/mol. The van der Waals surface area contributed by atoms with Crippen molar-refractivity contribution in [2.24, 2.45) is 0 Å². The SMILES string of the molecule is CCCCCCCCc1cc(O)c(CCSc2nnnn2-c2ccccc2)cc1O. The minimum atomic E-state index is 0.247. The Morgan fingerprint density at radius 1 is 0.867 bits per heavy atom. The van der Waals surface area contributed by atoms with Crippen molar-refractivity contribution in [2.75, 3.05) is 5.75 Å². The maximum atomic E-state index is 10.4. The van der Waals surface area contributed by atoms with Gasteiger partial charge in [0.2, 0.25) is 5.16 Å². The first kappa shape index (κ1) is 22.2. The number of unbranched alkanes of at least 4 members (excludes halogenated alkanes) is 5. The Morgan fingerprint density at radius 3 is 2.27 bits per heavy atom. The highest BCUT2D eigenvalue weighted by molar-refractivity contribution is 7.99. The molecular formula is C23H30N4O2S. The van der Waals surface area contributed by atoms with Crippen molar-refractivity contribution in [1.82, 2.24) is 20.2 Å². The number of nitrogens with zero attached hydrogens (tertiary/aromatic N) is 4. The molecule has 0 saturated heterocycles. The molecule has 7 heteroatoms. The van der Waals surface area contributed by atoms with Crippen LogP contribution in [0.3, 0.4) is 0 Å². The minimum Gasteiger partial charge on any atom is -0.508 e. The van der Waals surface area contributed by atoms with E-state index in [0.717, 1.165) is 36.1 Å². The Balaban J connectivity index is 1.52. The Morgan fingerprint density at radius 2 is 1.53 bits per heavy atom. The predicted molar refractivity (Wildman–Crippen MR) is 120 cm³/mol. The molecule has 0 aliphatic heterocycles. The summed E-state index contributed by atoms with van der Waals surface area (Å²) in [5.74, 6) is 1.21. The number of rotatable bonds is 12. The second kappa shape index (κ2) is 11.6. The Kier molecular flexibility index (Phi) is 8.56. The van der Waals surface area contributed by atoms with E-state index in [0.29, 0.717) is 17.3 Å².